The molecule has 1 aliphatic heterocycles. The quantitative estimate of drug-likeness (QED) is 0.881. The number of nitrogens with one attached hydrogen (secondary N) is 2. The molecule has 2 fully saturated rings. The van der Waals surface area contributed by atoms with E-state index in [0.717, 1.165) is 12.2 Å². The first kappa shape index (κ1) is 13.2. The minimum atomic E-state index is -0.281. The van der Waals surface area contributed by atoms with E-state index in [1.54, 1.807) is 6.07 Å². The highest BCUT2D eigenvalue weighted by atomic mass is 35.5. The summed E-state index contributed by atoms with van der Waals surface area (Å²) in [5, 5.41) is 7.61. The van der Waals surface area contributed by atoms with E-state index in [1.807, 2.05) is 0 Å². The molecule has 1 aromatic carbocycles. The van der Waals surface area contributed by atoms with Crippen LogP contribution in [0.1, 0.15) is 32.1 Å². The van der Waals surface area contributed by atoms with Crippen molar-refractivity contribution in [1.82, 2.24) is 5.32 Å². The van der Waals surface area contributed by atoms with Crippen LogP contribution in [-0.4, -0.2) is 18.6 Å². The standard InChI is InChI=1S/C15H20ClFN2/c16-12-9-10(17)6-7-15(12)19-14-4-1-3-11(14)13-5-2-8-18-13/h6-7,9,11,13-14,18-19H,1-5,8H2. The molecule has 1 aliphatic carbocycles. The van der Waals surface area contributed by atoms with Gasteiger partial charge >= 0.3 is 0 Å². The third-order valence-corrected chi connectivity index (χ3v) is 4.77. The predicted molar refractivity (Wildman–Crippen MR) is 77.2 cm³/mol. The molecule has 4 heteroatoms. The molecular formula is C15H20ClFN2. The van der Waals surface area contributed by atoms with Crippen LogP contribution in [0.2, 0.25) is 5.02 Å². The Morgan fingerprint density at radius 1 is 1.21 bits per heavy atom. The molecule has 0 aromatic heterocycles. The normalized spacial score (nSPS) is 30.7. The van der Waals surface area contributed by atoms with Gasteiger partial charge in [0.25, 0.3) is 0 Å². The van der Waals surface area contributed by atoms with Gasteiger partial charge in [0.2, 0.25) is 0 Å². The highest BCUT2D eigenvalue weighted by molar-refractivity contribution is 6.33. The number of benzene rings is 1. The molecule has 1 heterocycles. The third-order valence-electron chi connectivity index (χ3n) is 4.46. The smallest absolute Gasteiger partial charge is 0.124 e. The monoisotopic (exact) mass is 282 g/mol. The van der Waals surface area contributed by atoms with Gasteiger partial charge < -0.3 is 10.6 Å². The molecule has 0 spiro atoms. The fourth-order valence-corrected chi connectivity index (χ4v) is 3.75. The topological polar surface area (TPSA) is 24.1 Å². The van der Waals surface area contributed by atoms with Crippen LogP contribution in [-0.2, 0) is 0 Å². The Morgan fingerprint density at radius 2 is 2.11 bits per heavy atom. The fourth-order valence-electron chi connectivity index (χ4n) is 3.53. The molecule has 2 nitrogen and oxygen atoms in total. The van der Waals surface area contributed by atoms with E-state index in [0.29, 0.717) is 23.0 Å². The SMILES string of the molecule is Fc1ccc(NC2CCCC2C2CCCN2)c(Cl)c1. The van der Waals surface area contributed by atoms with Crippen molar-refractivity contribution in [3.63, 3.8) is 0 Å². The molecule has 0 bridgehead atoms. The van der Waals surface area contributed by atoms with Crippen LogP contribution in [0.15, 0.2) is 18.2 Å². The summed E-state index contributed by atoms with van der Waals surface area (Å²) >= 11 is 6.10. The summed E-state index contributed by atoms with van der Waals surface area (Å²) < 4.78 is 13.1. The molecule has 3 unspecified atom stereocenters. The van der Waals surface area contributed by atoms with Crippen LogP contribution in [0.25, 0.3) is 0 Å². The van der Waals surface area contributed by atoms with E-state index >= 15 is 0 Å². The third kappa shape index (κ3) is 2.87. The van der Waals surface area contributed by atoms with Crippen molar-refractivity contribution in [2.24, 2.45) is 5.92 Å². The first-order chi connectivity index (χ1) is 9.24. The molecule has 19 heavy (non-hydrogen) atoms. The van der Waals surface area contributed by atoms with E-state index in [1.165, 1.54) is 44.2 Å². The van der Waals surface area contributed by atoms with Crippen molar-refractivity contribution in [2.75, 3.05) is 11.9 Å². The number of hydrogen-bond donors (Lipinski definition) is 2. The second kappa shape index (κ2) is 5.68. The second-order valence-electron chi connectivity index (χ2n) is 5.67. The lowest BCUT2D eigenvalue weighted by molar-refractivity contribution is 0.376. The lowest BCUT2D eigenvalue weighted by Gasteiger charge is -2.27. The van der Waals surface area contributed by atoms with Gasteiger partial charge in [-0.05, 0) is 56.3 Å². The van der Waals surface area contributed by atoms with E-state index in [-0.39, 0.29) is 5.82 Å². The fraction of sp³-hybridized carbons (Fsp3) is 0.600. The molecular weight excluding hydrogens is 263 g/mol. The zero-order valence-electron chi connectivity index (χ0n) is 11.0. The minimum Gasteiger partial charge on any atom is -0.381 e. The summed E-state index contributed by atoms with van der Waals surface area (Å²) in [6, 6.07) is 5.68. The molecule has 1 saturated heterocycles. The second-order valence-corrected chi connectivity index (χ2v) is 6.08. The zero-order valence-corrected chi connectivity index (χ0v) is 11.7. The summed E-state index contributed by atoms with van der Waals surface area (Å²) in [5.74, 6) is 0.389. The Bertz CT molecular complexity index is 446. The number of halogens is 2. The summed E-state index contributed by atoms with van der Waals surface area (Å²) in [4.78, 5) is 0. The molecule has 1 aromatic rings. The van der Waals surface area contributed by atoms with Crippen LogP contribution in [0.5, 0.6) is 0 Å². The number of hydrogen-bond acceptors (Lipinski definition) is 2. The van der Waals surface area contributed by atoms with Gasteiger partial charge in [-0.3, -0.25) is 0 Å². The van der Waals surface area contributed by atoms with Crippen LogP contribution < -0.4 is 10.6 Å². The van der Waals surface area contributed by atoms with Gasteiger partial charge in [-0.2, -0.15) is 0 Å². The molecule has 2 N–H and O–H groups in total. The predicted octanol–water partition coefficient (Wildman–Crippen LogP) is 3.81. The van der Waals surface area contributed by atoms with Crippen molar-refractivity contribution in [3.05, 3.63) is 29.0 Å². The highest BCUT2D eigenvalue weighted by Gasteiger charge is 2.35. The maximum Gasteiger partial charge on any atom is 0.124 e. The molecule has 0 radical (unpaired) electrons. The first-order valence-corrected chi connectivity index (χ1v) is 7.57. The maximum atomic E-state index is 13.1. The average molecular weight is 283 g/mol. The lowest BCUT2D eigenvalue weighted by Crippen LogP contribution is -2.38. The summed E-state index contributed by atoms with van der Waals surface area (Å²) in [6.07, 6.45) is 6.27. The average Bonchev–Trinajstić information content (AvgIpc) is 3.03. The first-order valence-electron chi connectivity index (χ1n) is 7.19. The van der Waals surface area contributed by atoms with E-state index in [4.69, 9.17) is 11.6 Å². The minimum absolute atomic E-state index is 0.281. The molecule has 3 atom stereocenters. The summed E-state index contributed by atoms with van der Waals surface area (Å²) in [6.45, 7) is 1.14. The van der Waals surface area contributed by atoms with Gasteiger partial charge in [-0.1, -0.05) is 18.0 Å². The van der Waals surface area contributed by atoms with E-state index < -0.39 is 0 Å². The maximum absolute atomic E-state index is 13.1. The van der Waals surface area contributed by atoms with Gasteiger partial charge in [0.1, 0.15) is 5.82 Å². The van der Waals surface area contributed by atoms with Gasteiger partial charge in [0.05, 0.1) is 10.7 Å². The Balaban J connectivity index is 1.70. The molecule has 0 amide bonds. The van der Waals surface area contributed by atoms with Crippen LogP contribution >= 0.6 is 11.6 Å². The van der Waals surface area contributed by atoms with Crippen molar-refractivity contribution in [2.45, 2.75) is 44.2 Å². The molecule has 3 rings (SSSR count). The van der Waals surface area contributed by atoms with Crippen molar-refractivity contribution in [1.29, 1.82) is 0 Å². The molecule has 1 saturated carbocycles. The van der Waals surface area contributed by atoms with Gasteiger partial charge in [-0.25, -0.2) is 4.39 Å². The van der Waals surface area contributed by atoms with Crippen molar-refractivity contribution in [3.8, 4) is 0 Å². The number of rotatable bonds is 3. The van der Waals surface area contributed by atoms with Crippen molar-refractivity contribution >= 4 is 17.3 Å². The van der Waals surface area contributed by atoms with E-state index in [2.05, 4.69) is 10.6 Å². The molecule has 104 valence electrons. The Kier molecular flexibility index (Phi) is 3.94. The van der Waals surface area contributed by atoms with E-state index in [9.17, 15) is 4.39 Å². The van der Waals surface area contributed by atoms with Crippen LogP contribution in [0.4, 0.5) is 10.1 Å². The van der Waals surface area contributed by atoms with Crippen LogP contribution in [0.3, 0.4) is 0 Å². The Morgan fingerprint density at radius 3 is 2.84 bits per heavy atom. The van der Waals surface area contributed by atoms with Crippen LogP contribution in [0, 0.1) is 11.7 Å². The molecule has 2 aliphatic rings. The summed E-state index contributed by atoms with van der Waals surface area (Å²) in [7, 11) is 0. The zero-order chi connectivity index (χ0) is 13.2. The largest absolute Gasteiger partial charge is 0.381 e. The van der Waals surface area contributed by atoms with Crippen molar-refractivity contribution < 1.29 is 4.39 Å². The van der Waals surface area contributed by atoms with Gasteiger partial charge in [0.15, 0.2) is 0 Å². The summed E-state index contributed by atoms with van der Waals surface area (Å²) in [5.41, 5.74) is 0.859. The van der Waals surface area contributed by atoms with Gasteiger partial charge in [-0.15, -0.1) is 0 Å². The highest BCUT2D eigenvalue weighted by Crippen LogP contribution is 2.35. The van der Waals surface area contributed by atoms with Gasteiger partial charge in [0, 0.05) is 12.1 Å². The number of anilines is 1. The Hall–Kier alpha value is -0.800. The lowest BCUT2D eigenvalue weighted by atomic mass is 9.93. The Labute approximate surface area is 118 Å².